The van der Waals surface area contributed by atoms with Crippen LogP contribution in [-0.2, 0) is 10.8 Å². The molecular formula is C30H32N2. The van der Waals surface area contributed by atoms with Crippen LogP contribution in [0.25, 0.3) is 0 Å². The van der Waals surface area contributed by atoms with Crippen molar-refractivity contribution in [2.75, 3.05) is 11.1 Å². The Morgan fingerprint density at radius 3 is 1.66 bits per heavy atom. The van der Waals surface area contributed by atoms with Crippen molar-refractivity contribution in [2.45, 2.75) is 38.5 Å². The molecule has 0 aliphatic carbocycles. The molecule has 0 heterocycles. The van der Waals surface area contributed by atoms with Crippen LogP contribution in [0.5, 0.6) is 0 Å². The standard InChI is InChI=1S/C30H32N2/c1-29(2,22-12-7-5-8-13-22)26-16-11-17-27(32-25-20-18-24(31)19-21-25)28(26)30(3,4)23-14-9-6-10-15-23/h5-21,32H,31H2,1-4H3. The maximum absolute atomic E-state index is 5.91. The molecule has 0 atom stereocenters. The number of anilines is 3. The van der Waals surface area contributed by atoms with Crippen LogP contribution in [-0.4, -0.2) is 0 Å². The Morgan fingerprint density at radius 2 is 1.09 bits per heavy atom. The second-order valence-electron chi connectivity index (χ2n) is 9.46. The van der Waals surface area contributed by atoms with Crippen LogP contribution in [0.15, 0.2) is 103 Å². The molecule has 4 aromatic carbocycles. The zero-order valence-corrected chi connectivity index (χ0v) is 19.4. The Morgan fingerprint density at radius 1 is 0.562 bits per heavy atom. The summed E-state index contributed by atoms with van der Waals surface area (Å²) in [6.07, 6.45) is 0. The van der Waals surface area contributed by atoms with Crippen molar-refractivity contribution < 1.29 is 0 Å². The van der Waals surface area contributed by atoms with E-state index >= 15 is 0 Å². The summed E-state index contributed by atoms with van der Waals surface area (Å²) in [5, 5.41) is 3.68. The van der Waals surface area contributed by atoms with Crippen LogP contribution >= 0.6 is 0 Å². The van der Waals surface area contributed by atoms with E-state index in [0.29, 0.717) is 0 Å². The molecule has 2 nitrogen and oxygen atoms in total. The molecule has 2 heteroatoms. The van der Waals surface area contributed by atoms with Crippen molar-refractivity contribution in [1.82, 2.24) is 0 Å². The maximum atomic E-state index is 5.91. The van der Waals surface area contributed by atoms with Gasteiger partial charge < -0.3 is 11.1 Å². The van der Waals surface area contributed by atoms with Crippen molar-refractivity contribution in [2.24, 2.45) is 0 Å². The van der Waals surface area contributed by atoms with E-state index in [9.17, 15) is 0 Å². The molecule has 0 aliphatic heterocycles. The SMILES string of the molecule is CC(C)(c1ccccc1)c1cccc(Nc2ccc(N)cc2)c1C(C)(C)c1ccccc1. The number of hydrogen-bond donors (Lipinski definition) is 2. The van der Waals surface area contributed by atoms with Gasteiger partial charge in [0.1, 0.15) is 0 Å². The largest absolute Gasteiger partial charge is 0.399 e. The first-order chi connectivity index (χ1) is 15.3. The Bertz CT molecular complexity index is 1170. The van der Waals surface area contributed by atoms with E-state index in [1.807, 2.05) is 24.3 Å². The molecule has 0 spiro atoms. The topological polar surface area (TPSA) is 38.0 Å². The van der Waals surface area contributed by atoms with Crippen LogP contribution in [0.2, 0.25) is 0 Å². The van der Waals surface area contributed by atoms with Crippen molar-refractivity contribution in [1.29, 1.82) is 0 Å². The van der Waals surface area contributed by atoms with Crippen molar-refractivity contribution in [3.63, 3.8) is 0 Å². The average molecular weight is 421 g/mol. The number of nitrogens with one attached hydrogen (secondary N) is 1. The molecule has 0 fully saturated rings. The van der Waals surface area contributed by atoms with Gasteiger partial charge in [0.15, 0.2) is 0 Å². The first-order valence-electron chi connectivity index (χ1n) is 11.2. The highest BCUT2D eigenvalue weighted by Gasteiger charge is 2.35. The average Bonchev–Trinajstić information content (AvgIpc) is 2.81. The summed E-state index contributed by atoms with van der Waals surface area (Å²) in [4.78, 5) is 0. The van der Waals surface area contributed by atoms with E-state index in [4.69, 9.17) is 5.73 Å². The van der Waals surface area contributed by atoms with Gasteiger partial charge in [-0.1, -0.05) is 100 Å². The third kappa shape index (κ3) is 4.13. The van der Waals surface area contributed by atoms with Crippen LogP contribution in [0.3, 0.4) is 0 Å². The molecule has 0 aliphatic rings. The van der Waals surface area contributed by atoms with Gasteiger partial charge in [0, 0.05) is 27.9 Å². The highest BCUT2D eigenvalue weighted by atomic mass is 14.9. The molecule has 0 amide bonds. The lowest BCUT2D eigenvalue weighted by Gasteiger charge is -2.37. The molecule has 0 saturated carbocycles. The summed E-state index contributed by atoms with van der Waals surface area (Å²) in [6, 6.07) is 36.1. The third-order valence-corrected chi connectivity index (χ3v) is 6.54. The molecule has 32 heavy (non-hydrogen) atoms. The fourth-order valence-electron chi connectivity index (χ4n) is 4.58. The van der Waals surface area contributed by atoms with Gasteiger partial charge in [-0.15, -0.1) is 0 Å². The molecule has 4 aromatic rings. The van der Waals surface area contributed by atoms with Gasteiger partial charge in [-0.25, -0.2) is 0 Å². The monoisotopic (exact) mass is 420 g/mol. The lowest BCUT2D eigenvalue weighted by molar-refractivity contribution is 0.580. The van der Waals surface area contributed by atoms with Crippen LogP contribution < -0.4 is 11.1 Å². The van der Waals surface area contributed by atoms with E-state index in [1.165, 1.54) is 22.3 Å². The Balaban J connectivity index is 1.93. The predicted molar refractivity (Wildman–Crippen MR) is 138 cm³/mol. The van der Waals surface area contributed by atoms with Gasteiger partial charge >= 0.3 is 0 Å². The zero-order valence-electron chi connectivity index (χ0n) is 19.4. The molecule has 0 radical (unpaired) electrons. The molecule has 3 N–H and O–H groups in total. The van der Waals surface area contributed by atoms with Crippen molar-refractivity contribution in [3.8, 4) is 0 Å². The third-order valence-electron chi connectivity index (χ3n) is 6.54. The quantitative estimate of drug-likeness (QED) is 0.314. The van der Waals surface area contributed by atoms with Crippen molar-refractivity contribution in [3.05, 3.63) is 125 Å². The Hall–Kier alpha value is -3.52. The highest BCUT2D eigenvalue weighted by molar-refractivity contribution is 5.70. The molecular weight excluding hydrogens is 388 g/mol. The van der Waals surface area contributed by atoms with Gasteiger partial charge in [-0.05, 0) is 52.6 Å². The van der Waals surface area contributed by atoms with E-state index in [2.05, 4.69) is 112 Å². The molecule has 0 saturated heterocycles. The molecule has 4 rings (SSSR count). The predicted octanol–water partition coefficient (Wildman–Crippen LogP) is 7.66. The van der Waals surface area contributed by atoms with E-state index in [0.717, 1.165) is 17.1 Å². The first kappa shape index (κ1) is 21.7. The minimum atomic E-state index is -0.208. The minimum Gasteiger partial charge on any atom is -0.399 e. The second kappa shape index (κ2) is 8.55. The first-order valence-corrected chi connectivity index (χ1v) is 11.2. The van der Waals surface area contributed by atoms with Gasteiger partial charge in [-0.2, -0.15) is 0 Å². The van der Waals surface area contributed by atoms with Gasteiger partial charge in [0.05, 0.1) is 0 Å². The number of benzene rings is 4. The summed E-state index contributed by atoms with van der Waals surface area (Å²) in [6.45, 7) is 9.26. The normalized spacial score (nSPS) is 11.9. The Labute approximate surface area is 192 Å². The summed E-state index contributed by atoms with van der Waals surface area (Å²) < 4.78 is 0. The van der Waals surface area contributed by atoms with E-state index in [1.54, 1.807) is 0 Å². The highest BCUT2D eigenvalue weighted by Crippen LogP contribution is 2.45. The summed E-state index contributed by atoms with van der Waals surface area (Å²) in [5.41, 5.74) is 13.7. The number of nitrogens with two attached hydrogens (primary N) is 1. The van der Waals surface area contributed by atoms with Gasteiger partial charge in [0.25, 0.3) is 0 Å². The van der Waals surface area contributed by atoms with E-state index in [-0.39, 0.29) is 10.8 Å². The molecule has 0 aromatic heterocycles. The second-order valence-corrected chi connectivity index (χ2v) is 9.46. The Kier molecular flexibility index (Phi) is 5.80. The molecule has 162 valence electrons. The summed E-state index contributed by atoms with van der Waals surface area (Å²) >= 11 is 0. The summed E-state index contributed by atoms with van der Waals surface area (Å²) in [7, 11) is 0. The fraction of sp³-hybridized carbons (Fsp3) is 0.200. The maximum Gasteiger partial charge on any atom is 0.0428 e. The molecule has 0 bridgehead atoms. The number of rotatable bonds is 6. The van der Waals surface area contributed by atoms with Crippen LogP contribution in [0.1, 0.15) is 49.9 Å². The van der Waals surface area contributed by atoms with Crippen LogP contribution in [0.4, 0.5) is 17.1 Å². The zero-order chi connectivity index (χ0) is 22.8. The minimum absolute atomic E-state index is 0.165. The van der Waals surface area contributed by atoms with Crippen molar-refractivity contribution >= 4 is 17.1 Å². The lowest BCUT2D eigenvalue weighted by atomic mass is 9.68. The fourth-order valence-corrected chi connectivity index (χ4v) is 4.58. The smallest absolute Gasteiger partial charge is 0.0428 e. The molecule has 0 unspecified atom stereocenters. The number of nitrogen functional groups attached to an aromatic ring is 1. The van der Waals surface area contributed by atoms with Gasteiger partial charge in [0.2, 0.25) is 0 Å². The van der Waals surface area contributed by atoms with E-state index < -0.39 is 0 Å². The van der Waals surface area contributed by atoms with Crippen LogP contribution in [0, 0.1) is 0 Å². The lowest BCUT2D eigenvalue weighted by Crippen LogP contribution is -2.29. The van der Waals surface area contributed by atoms with Gasteiger partial charge in [-0.3, -0.25) is 0 Å². The summed E-state index contributed by atoms with van der Waals surface area (Å²) in [5.74, 6) is 0. The number of hydrogen-bond acceptors (Lipinski definition) is 2.